The van der Waals surface area contributed by atoms with Crippen LogP contribution in [0, 0.1) is 11.3 Å². The number of nitrogens with one attached hydrogen (secondary N) is 1. The summed E-state index contributed by atoms with van der Waals surface area (Å²) in [5.74, 6) is 0. The maximum absolute atomic E-state index is 8.76. The molecule has 2 aromatic carbocycles. The molecule has 0 bridgehead atoms. The summed E-state index contributed by atoms with van der Waals surface area (Å²) in [5, 5.41) is 12.1. The van der Waals surface area contributed by atoms with E-state index >= 15 is 0 Å². The van der Waals surface area contributed by atoms with Gasteiger partial charge >= 0.3 is 0 Å². The number of anilines is 2. The van der Waals surface area contributed by atoms with Crippen molar-refractivity contribution in [3.63, 3.8) is 0 Å². The van der Waals surface area contributed by atoms with Crippen molar-refractivity contribution in [2.24, 2.45) is 0 Å². The molecule has 5 heteroatoms. The molecule has 98 valence electrons. The molecule has 20 heavy (non-hydrogen) atoms. The fourth-order valence-electron chi connectivity index (χ4n) is 2.00. The lowest BCUT2D eigenvalue weighted by Crippen LogP contribution is -2.02. The summed E-state index contributed by atoms with van der Waals surface area (Å²) in [6.07, 6.45) is 0. The Morgan fingerprint density at radius 3 is 2.75 bits per heavy atom. The highest BCUT2D eigenvalue weighted by Crippen LogP contribution is 2.30. The molecule has 0 amide bonds. The number of fused-ring (bicyclic) bond motifs is 1. The van der Waals surface area contributed by atoms with E-state index in [1.807, 2.05) is 36.4 Å². The van der Waals surface area contributed by atoms with Gasteiger partial charge in [-0.05, 0) is 29.8 Å². The van der Waals surface area contributed by atoms with Crippen LogP contribution in [-0.4, -0.2) is 4.98 Å². The molecule has 0 saturated heterocycles. The number of benzene rings is 2. The van der Waals surface area contributed by atoms with Gasteiger partial charge in [-0.1, -0.05) is 12.1 Å². The van der Waals surface area contributed by atoms with Gasteiger partial charge in [0.25, 0.3) is 0 Å². The molecule has 0 aliphatic rings. The fraction of sp³-hybridized carbons (Fsp3) is 0.0667. The number of hydrogen-bond donors (Lipinski definition) is 2. The normalized spacial score (nSPS) is 10.3. The van der Waals surface area contributed by atoms with Gasteiger partial charge in [-0.25, -0.2) is 4.98 Å². The molecule has 0 aliphatic carbocycles. The topological polar surface area (TPSA) is 74.7 Å². The highest BCUT2D eigenvalue weighted by atomic mass is 32.1. The van der Waals surface area contributed by atoms with Gasteiger partial charge in [-0.15, -0.1) is 11.3 Å². The Balaban J connectivity index is 1.79. The number of nitrogens with two attached hydrogens (primary N) is 1. The largest absolute Gasteiger partial charge is 0.395 e. The summed E-state index contributed by atoms with van der Waals surface area (Å²) in [5.41, 5.74) is 12.1. The van der Waals surface area contributed by atoms with Gasteiger partial charge in [0.1, 0.15) is 5.52 Å². The monoisotopic (exact) mass is 280 g/mol. The van der Waals surface area contributed by atoms with Crippen LogP contribution in [0.15, 0.2) is 41.9 Å². The number of aromatic nitrogens is 1. The molecular weight excluding hydrogens is 268 g/mol. The third kappa shape index (κ3) is 2.29. The van der Waals surface area contributed by atoms with Crippen molar-refractivity contribution in [1.29, 1.82) is 5.26 Å². The molecule has 0 spiro atoms. The molecule has 0 fully saturated rings. The van der Waals surface area contributed by atoms with E-state index in [1.165, 1.54) is 0 Å². The molecule has 3 aromatic rings. The van der Waals surface area contributed by atoms with Crippen LogP contribution in [0.3, 0.4) is 0 Å². The van der Waals surface area contributed by atoms with E-state index in [2.05, 4.69) is 16.4 Å². The van der Waals surface area contributed by atoms with E-state index in [0.717, 1.165) is 21.5 Å². The number of hydrogen-bond acceptors (Lipinski definition) is 5. The number of nitrogens with zero attached hydrogens (tertiary/aromatic N) is 2. The lowest BCUT2D eigenvalue weighted by molar-refractivity contribution is 1.15. The SMILES string of the molecule is N#Cc1ccc(CNc2ccc3scnc3c2N)cc1. The Morgan fingerprint density at radius 2 is 2.00 bits per heavy atom. The van der Waals surface area contributed by atoms with Crippen LogP contribution < -0.4 is 11.1 Å². The minimum atomic E-state index is 0.658. The average Bonchev–Trinajstić information content (AvgIpc) is 2.96. The first kappa shape index (κ1) is 12.5. The molecular formula is C15H12N4S. The van der Waals surface area contributed by atoms with Crippen LogP contribution in [0.1, 0.15) is 11.1 Å². The van der Waals surface area contributed by atoms with E-state index < -0.39 is 0 Å². The fourth-order valence-corrected chi connectivity index (χ4v) is 2.69. The second-order valence-electron chi connectivity index (χ2n) is 4.39. The molecule has 3 N–H and O–H groups in total. The summed E-state index contributed by atoms with van der Waals surface area (Å²) in [4.78, 5) is 4.27. The van der Waals surface area contributed by atoms with Crippen molar-refractivity contribution in [1.82, 2.24) is 4.98 Å². The lowest BCUT2D eigenvalue weighted by Gasteiger charge is -2.09. The second-order valence-corrected chi connectivity index (χ2v) is 5.27. The zero-order valence-electron chi connectivity index (χ0n) is 10.6. The van der Waals surface area contributed by atoms with Gasteiger partial charge in [-0.3, -0.25) is 0 Å². The average molecular weight is 280 g/mol. The summed E-state index contributed by atoms with van der Waals surface area (Å²) in [6, 6.07) is 13.6. The van der Waals surface area contributed by atoms with E-state index in [-0.39, 0.29) is 0 Å². The molecule has 1 heterocycles. The standard InChI is InChI=1S/C15H12N4S/c16-7-10-1-3-11(4-2-10)8-18-12-5-6-13-15(14(12)17)19-9-20-13/h1-6,9,18H,8,17H2. The van der Waals surface area contributed by atoms with Crippen molar-refractivity contribution in [2.45, 2.75) is 6.54 Å². The molecule has 0 atom stereocenters. The second kappa shape index (κ2) is 5.19. The molecule has 0 saturated carbocycles. The van der Waals surface area contributed by atoms with E-state index in [4.69, 9.17) is 11.0 Å². The number of nitriles is 1. The lowest BCUT2D eigenvalue weighted by atomic mass is 10.1. The van der Waals surface area contributed by atoms with E-state index in [0.29, 0.717) is 17.8 Å². The smallest absolute Gasteiger partial charge is 0.106 e. The van der Waals surface area contributed by atoms with Crippen LogP contribution in [0.2, 0.25) is 0 Å². The summed E-state index contributed by atoms with van der Waals surface area (Å²) < 4.78 is 1.09. The van der Waals surface area contributed by atoms with Crippen molar-refractivity contribution in [3.05, 3.63) is 53.0 Å². The molecule has 1 aromatic heterocycles. The first-order chi connectivity index (χ1) is 9.78. The van der Waals surface area contributed by atoms with Crippen LogP contribution in [0.5, 0.6) is 0 Å². The van der Waals surface area contributed by atoms with Crippen molar-refractivity contribution in [3.8, 4) is 6.07 Å². The van der Waals surface area contributed by atoms with Crippen LogP contribution in [0.4, 0.5) is 11.4 Å². The Labute approximate surface area is 120 Å². The predicted octanol–water partition coefficient (Wildman–Crippen LogP) is 3.36. The zero-order chi connectivity index (χ0) is 13.9. The van der Waals surface area contributed by atoms with Crippen LogP contribution in [-0.2, 0) is 6.54 Å². The molecule has 0 radical (unpaired) electrons. The van der Waals surface area contributed by atoms with Crippen molar-refractivity contribution >= 4 is 32.9 Å². The van der Waals surface area contributed by atoms with E-state index in [1.54, 1.807) is 16.8 Å². The minimum absolute atomic E-state index is 0.658. The third-order valence-corrected chi connectivity index (χ3v) is 3.90. The zero-order valence-corrected chi connectivity index (χ0v) is 11.4. The Hall–Kier alpha value is -2.58. The highest BCUT2D eigenvalue weighted by molar-refractivity contribution is 7.16. The Kier molecular flexibility index (Phi) is 3.23. The van der Waals surface area contributed by atoms with Gasteiger partial charge in [-0.2, -0.15) is 5.26 Å². The van der Waals surface area contributed by atoms with Crippen molar-refractivity contribution < 1.29 is 0 Å². The van der Waals surface area contributed by atoms with Gasteiger partial charge in [0, 0.05) is 6.54 Å². The third-order valence-electron chi connectivity index (χ3n) is 3.11. The Morgan fingerprint density at radius 1 is 1.20 bits per heavy atom. The first-order valence-electron chi connectivity index (χ1n) is 6.12. The summed E-state index contributed by atoms with van der Waals surface area (Å²) in [7, 11) is 0. The highest BCUT2D eigenvalue weighted by Gasteiger charge is 2.06. The Bertz CT molecular complexity index is 784. The van der Waals surface area contributed by atoms with Crippen molar-refractivity contribution in [2.75, 3.05) is 11.1 Å². The van der Waals surface area contributed by atoms with Crippen LogP contribution >= 0.6 is 11.3 Å². The maximum Gasteiger partial charge on any atom is 0.106 e. The van der Waals surface area contributed by atoms with Gasteiger partial charge < -0.3 is 11.1 Å². The molecule has 0 aliphatic heterocycles. The van der Waals surface area contributed by atoms with Gasteiger partial charge in [0.05, 0.1) is 33.2 Å². The first-order valence-corrected chi connectivity index (χ1v) is 7.00. The summed E-state index contributed by atoms with van der Waals surface area (Å²) in [6.45, 7) is 0.658. The van der Waals surface area contributed by atoms with Gasteiger partial charge in [0.2, 0.25) is 0 Å². The summed E-state index contributed by atoms with van der Waals surface area (Å²) >= 11 is 1.58. The molecule has 3 rings (SSSR count). The quantitative estimate of drug-likeness (QED) is 0.721. The predicted molar refractivity (Wildman–Crippen MR) is 82.5 cm³/mol. The maximum atomic E-state index is 8.76. The number of thiazole rings is 1. The number of rotatable bonds is 3. The van der Waals surface area contributed by atoms with E-state index in [9.17, 15) is 0 Å². The molecule has 4 nitrogen and oxygen atoms in total. The minimum Gasteiger partial charge on any atom is -0.395 e. The van der Waals surface area contributed by atoms with Crippen LogP contribution in [0.25, 0.3) is 10.2 Å². The molecule has 0 unspecified atom stereocenters. The number of nitrogen functional groups attached to an aromatic ring is 1. The van der Waals surface area contributed by atoms with Gasteiger partial charge in [0.15, 0.2) is 0 Å².